The summed E-state index contributed by atoms with van der Waals surface area (Å²) >= 11 is 7.73. The van der Waals surface area contributed by atoms with Gasteiger partial charge >= 0.3 is 0 Å². The van der Waals surface area contributed by atoms with Gasteiger partial charge < -0.3 is 10.1 Å². The third-order valence-electron chi connectivity index (χ3n) is 2.19. The van der Waals surface area contributed by atoms with Crippen LogP contribution in [-0.4, -0.2) is 37.5 Å². The molecule has 1 aromatic rings. The van der Waals surface area contributed by atoms with Crippen LogP contribution >= 0.6 is 23.4 Å². The first kappa shape index (κ1) is 14.8. The fourth-order valence-corrected chi connectivity index (χ4v) is 2.47. The van der Waals surface area contributed by atoms with Crippen LogP contribution in [0.15, 0.2) is 23.4 Å². The van der Waals surface area contributed by atoms with Gasteiger partial charge in [0.2, 0.25) is 0 Å². The van der Waals surface area contributed by atoms with E-state index < -0.39 is 0 Å². The molecule has 0 aliphatic heterocycles. The van der Waals surface area contributed by atoms with Crippen molar-refractivity contribution in [2.45, 2.75) is 17.9 Å². The number of aromatic nitrogens is 1. The third-order valence-corrected chi connectivity index (χ3v) is 3.70. The standard InChI is InChI=1S/C12H19ClN2OS/c1-16-9-8-14-6-2-3-10-17-12-11(13)5-4-7-15-12/h4-5,7,14H,2-3,6,8-10H2,1H3. The predicted molar refractivity (Wildman–Crippen MR) is 74.0 cm³/mol. The predicted octanol–water partition coefficient (Wildman–Crippen LogP) is 2.84. The van der Waals surface area contributed by atoms with Gasteiger partial charge in [-0.2, -0.15) is 0 Å². The highest BCUT2D eigenvalue weighted by molar-refractivity contribution is 7.99. The van der Waals surface area contributed by atoms with Gasteiger partial charge in [-0.1, -0.05) is 11.6 Å². The van der Waals surface area contributed by atoms with Crippen LogP contribution in [0.5, 0.6) is 0 Å². The molecule has 0 spiro atoms. The highest BCUT2D eigenvalue weighted by Gasteiger charge is 2.00. The second-order valence-corrected chi connectivity index (χ2v) is 5.08. The average Bonchev–Trinajstić information content (AvgIpc) is 2.35. The van der Waals surface area contributed by atoms with Crippen molar-refractivity contribution in [2.75, 3.05) is 32.6 Å². The summed E-state index contributed by atoms with van der Waals surface area (Å²) in [6.45, 7) is 2.74. The maximum Gasteiger partial charge on any atom is 0.115 e. The molecular formula is C12H19ClN2OS. The Kier molecular flexibility index (Phi) is 8.44. The van der Waals surface area contributed by atoms with Crippen molar-refractivity contribution < 1.29 is 4.74 Å². The number of halogens is 1. The lowest BCUT2D eigenvalue weighted by molar-refractivity contribution is 0.199. The number of rotatable bonds is 9. The molecule has 0 saturated carbocycles. The van der Waals surface area contributed by atoms with Gasteiger partial charge in [-0.3, -0.25) is 0 Å². The molecule has 0 amide bonds. The molecule has 0 saturated heterocycles. The van der Waals surface area contributed by atoms with Crippen molar-refractivity contribution in [2.24, 2.45) is 0 Å². The molecule has 0 atom stereocenters. The molecule has 0 aliphatic rings. The van der Waals surface area contributed by atoms with E-state index in [-0.39, 0.29) is 0 Å². The number of unbranched alkanes of at least 4 members (excludes halogenated alkanes) is 1. The van der Waals surface area contributed by atoms with Gasteiger partial charge in [0.15, 0.2) is 0 Å². The summed E-state index contributed by atoms with van der Waals surface area (Å²) in [6.07, 6.45) is 4.11. The van der Waals surface area contributed by atoms with E-state index in [0.717, 1.165) is 41.9 Å². The van der Waals surface area contributed by atoms with Crippen LogP contribution in [0.4, 0.5) is 0 Å². The molecule has 1 aromatic heterocycles. The van der Waals surface area contributed by atoms with Crippen molar-refractivity contribution in [3.8, 4) is 0 Å². The van der Waals surface area contributed by atoms with Crippen LogP contribution < -0.4 is 5.32 Å². The maximum absolute atomic E-state index is 6.01. The molecule has 1 N–H and O–H groups in total. The maximum atomic E-state index is 6.01. The summed E-state index contributed by atoms with van der Waals surface area (Å²) < 4.78 is 4.95. The number of nitrogens with one attached hydrogen (secondary N) is 1. The molecule has 0 aliphatic carbocycles. The Labute approximate surface area is 112 Å². The summed E-state index contributed by atoms with van der Waals surface area (Å²) in [5, 5.41) is 5.00. The summed E-state index contributed by atoms with van der Waals surface area (Å²) in [6, 6.07) is 3.73. The Morgan fingerprint density at radius 3 is 3.06 bits per heavy atom. The van der Waals surface area contributed by atoms with E-state index in [0.29, 0.717) is 0 Å². The van der Waals surface area contributed by atoms with Crippen molar-refractivity contribution >= 4 is 23.4 Å². The van der Waals surface area contributed by atoms with Crippen molar-refractivity contribution in [3.63, 3.8) is 0 Å². The first-order valence-corrected chi connectivity index (χ1v) is 7.14. The topological polar surface area (TPSA) is 34.1 Å². The minimum absolute atomic E-state index is 0.746. The monoisotopic (exact) mass is 274 g/mol. The summed E-state index contributed by atoms with van der Waals surface area (Å²) in [5.74, 6) is 1.06. The van der Waals surface area contributed by atoms with Crippen LogP contribution in [0, 0.1) is 0 Å². The second kappa shape index (κ2) is 9.71. The fraction of sp³-hybridized carbons (Fsp3) is 0.583. The Hall–Kier alpha value is -0.290. The quantitative estimate of drug-likeness (QED) is 0.555. The number of hydrogen-bond acceptors (Lipinski definition) is 4. The Morgan fingerprint density at radius 1 is 1.41 bits per heavy atom. The van der Waals surface area contributed by atoms with E-state index in [2.05, 4.69) is 10.3 Å². The van der Waals surface area contributed by atoms with Gasteiger partial charge in [0.25, 0.3) is 0 Å². The number of hydrogen-bond donors (Lipinski definition) is 1. The van der Waals surface area contributed by atoms with Gasteiger partial charge in [0, 0.05) is 19.9 Å². The number of methoxy groups -OCH3 is 1. The van der Waals surface area contributed by atoms with Crippen molar-refractivity contribution in [1.82, 2.24) is 10.3 Å². The first-order valence-electron chi connectivity index (χ1n) is 5.77. The molecule has 0 unspecified atom stereocenters. The van der Waals surface area contributed by atoms with Crippen LogP contribution in [0.3, 0.4) is 0 Å². The molecular weight excluding hydrogens is 256 g/mol. The Balaban J connectivity index is 1.99. The number of thioether (sulfide) groups is 1. The van der Waals surface area contributed by atoms with Gasteiger partial charge in [-0.25, -0.2) is 4.98 Å². The van der Waals surface area contributed by atoms with Crippen molar-refractivity contribution in [1.29, 1.82) is 0 Å². The van der Waals surface area contributed by atoms with Gasteiger partial charge in [-0.15, -0.1) is 11.8 Å². The lowest BCUT2D eigenvalue weighted by atomic mass is 10.3. The lowest BCUT2D eigenvalue weighted by Crippen LogP contribution is -2.20. The van der Waals surface area contributed by atoms with E-state index in [1.165, 1.54) is 6.42 Å². The van der Waals surface area contributed by atoms with Gasteiger partial charge in [-0.05, 0) is 37.3 Å². The normalized spacial score (nSPS) is 10.7. The van der Waals surface area contributed by atoms with E-state index in [1.54, 1.807) is 25.1 Å². The first-order chi connectivity index (χ1) is 8.34. The zero-order valence-corrected chi connectivity index (χ0v) is 11.7. The smallest absolute Gasteiger partial charge is 0.115 e. The second-order valence-electron chi connectivity index (χ2n) is 3.59. The van der Waals surface area contributed by atoms with E-state index in [1.807, 2.05) is 12.1 Å². The summed E-state index contributed by atoms with van der Waals surface area (Å²) in [4.78, 5) is 4.24. The Bertz CT molecular complexity index is 312. The lowest BCUT2D eigenvalue weighted by Gasteiger charge is -2.04. The number of pyridine rings is 1. The van der Waals surface area contributed by atoms with Crippen LogP contribution in [-0.2, 0) is 4.74 Å². The highest BCUT2D eigenvalue weighted by Crippen LogP contribution is 2.24. The number of nitrogens with zero attached hydrogens (tertiary/aromatic N) is 1. The molecule has 0 aromatic carbocycles. The third kappa shape index (κ3) is 6.88. The summed E-state index contributed by atoms with van der Waals surface area (Å²) in [5.41, 5.74) is 0. The SMILES string of the molecule is COCCNCCCCSc1ncccc1Cl. The molecule has 3 nitrogen and oxygen atoms in total. The molecule has 1 heterocycles. The molecule has 5 heteroatoms. The molecule has 0 fully saturated rings. The van der Waals surface area contributed by atoms with Crippen LogP contribution in [0.25, 0.3) is 0 Å². The van der Waals surface area contributed by atoms with E-state index >= 15 is 0 Å². The molecule has 0 radical (unpaired) electrons. The largest absolute Gasteiger partial charge is 0.383 e. The zero-order chi connectivity index (χ0) is 12.3. The number of ether oxygens (including phenoxy) is 1. The van der Waals surface area contributed by atoms with Crippen molar-refractivity contribution in [3.05, 3.63) is 23.4 Å². The van der Waals surface area contributed by atoms with Crippen LogP contribution in [0.1, 0.15) is 12.8 Å². The average molecular weight is 275 g/mol. The zero-order valence-electron chi connectivity index (χ0n) is 10.1. The Morgan fingerprint density at radius 2 is 2.29 bits per heavy atom. The summed E-state index contributed by atoms with van der Waals surface area (Å²) in [7, 11) is 1.72. The van der Waals surface area contributed by atoms with Crippen LogP contribution in [0.2, 0.25) is 5.02 Å². The molecule has 96 valence electrons. The molecule has 17 heavy (non-hydrogen) atoms. The highest BCUT2D eigenvalue weighted by atomic mass is 35.5. The molecule has 1 rings (SSSR count). The minimum atomic E-state index is 0.746. The molecule has 0 bridgehead atoms. The van der Waals surface area contributed by atoms with Gasteiger partial charge in [0.05, 0.1) is 11.6 Å². The van der Waals surface area contributed by atoms with E-state index in [9.17, 15) is 0 Å². The van der Waals surface area contributed by atoms with E-state index in [4.69, 9.17) is 16.3 Å². The fourth-order valence-electron chi connectivity index (χ4n) is 1.30. The van der Waals surface area contributed by atoms with Gasteiger partial charge in [0.1, 0.15) is 5.03 Å². The minimum Gasteiger partial charge on any atom is -0.383 e.